The summed E-state index contributed by atoms with van der Waals surface area (Å²) in [4.78, 5) is 4.33. The van der Waals surface area contributed by atoms with Gasteiger partial charge in [0.15, 0.2) is 9.84 Å². The van der Waals surface area contributed by atoms with Crippen molar-refractivity contribution in [2.45, 2.75) is 30.9 Å². The molecule has 0 fully saturated rings. The molecule has 98 valence electrons. The van der Waals surface area contributed by atoms with E-state index in [1.54, 1.807) is 42.9 Å². The maximum Gasteiger partial charge on any atom is 0.185 e. The van der Waals surface area contributed by atoms with Crippen LogP contribution in [0.2, 0.25) is 0 Å². The Labute approximate surface area is 106 Å². The van der Waals surface area contributed by atoms with E-state index in [1.165, 1.54) is 0 Å². The summed E-state index contributed by atoms with van der Waals surface area (Å²) in [7, 11) is -3.37. The number of pyridine rings is 1. The van der Waals surface area contributed by atoms with Crippen molar-refractivity contribution in [1.82, 2.24) is 9.38 Å². The van der Waals surface area contributed by atoms with Gasteiger partial charge in [0, 0.05) is 24.7 Å². The lowest BCUT2D eigenvalue weighted by Crippen LogP contribution is -2.16. The monoisotopic (exact) mass is 268 g/mol. The number of aromatic nitrogens is 2. The fourth-order valence-electron chi connectivity index (χ4n) is 1.66. The first-order valence-corrected chi connectivity index (χ1v) is 7.35. The highest BCUT2D eigenvalue weighted by Gasteiger charge is 2.24. The van der Waals surface area contributed by atoms with Gasteiger partial charge in [0.05, 0.1) is 11.9 Å². The maximum atomic E-state index is 12.3. The Morgan fingerprint density at radius 1 is 1.44 bits per heavy atom. The zero-order valence-corrected chi connectivity index (χ0v) is 11.4. The van der Waals surface area contributed by atoms with Gasteiger partial charge in [-0.15, -0.1) is 0 Å². The van der Waals surface area contributed by atoms with Gasteiger partial charge in [0.25, 0.3) is 0 Å². The van der Waals surface area contributed by atoms with E-state index in [2.05, 4.69) is 4.98 Å². The standard InChI is InChI=1S/C12H16N2O3S/c1-4-17-10-7-12-13-5-6-14(12)8-11(10)18(15,16)9(2)3/h5-9H,4H2,1-3H3. The van der Waals surface area contributed by atoms with Crippen LogP contribution in [0.5, 0.6) is 5.75 Å². The zero-order chi connectivity index (χ0) is 13.3. The number of imidazole rings is 1. The average molecular weight is 268 g/mol. The third-order valence-electron chi connectivity index (χ3n) is 2.68. The Hall–Kier alpha value is -1.56. The molecule has 0 N–H and O–H groups in total. The van der Waals surface area contributed by atoms with Gasteiger partial charge in [0.1, 0.15) is 16.3 Å². The summed E-state index contributed by atoms with van der Waals surface area (Å²) in [5.41, 5.74) is 0.668. The minimum Gasteiger partial charge on any atom is -0.492 e. The number of hydrogen-bond donors (Lipinski definition) is 0. The van der Waals surface area contributed by atoms with Crippen molar-refractivity contribution in [3.63, 3.8) is 0 Å². The van der Waals surface area contributed by atoms with Crippen LogP contribution in [0.1, 0.15) is 20.8 Å². The number of hydrogen-bond acceptors (Lipinski definition) is 4. The Morgan fingerprint density at radius 2 is 2.17 bits per heavy atom. The number of fused-ring (bicyclic) bond motifs is 1. The molecule has 5 nitrogen and oxygen atoms in total. The highest BCUT2D eigenvalue weighted by atomic mass is 32.2. The molecule has 2 rings (SSSR count). The summed E-state index contributed by atoms with van der Waals surface area (Å²) < 4.78 is 31.7. The minimum absolute atomic E-state index is 0.213. The van der Waals surface area contributed by atoms with Crippen LogP contribution >= 0.6 is 0 Å². The Kier molecular flexibility index (Phi) is 3.30. The highest BCUT2D eigenvalue weighted by Crippen LogP contribution is 2.28. The summed E-state index contributed by atoms with van der Waals surface area (Å²) in [5, 5.41) is -0.488. The summed E-state index contributed by atoms with van der Waals surface area (Å²) in [6.45, 7) is 5.55. The molecule has 0 aliphatic rings. The smallest absolute Gasteiger partial charge is 0.185 e. The Bertz CT molecular complexity index is 659. The molecule has 0 aliphatic carbocycles. The van der Waals surface area contributed by atoms with Crippen LogP contribution in [0, 0.1) is 0 Å². The second kappa shape index (κ2) is 4.61. The normalized spacial score (nSPS) is 12.2. The van der Waals surface area contributed by atoms with Crippen molar-refractivity contribution in [3.05, 3.63) is 24.7 Å². The number of nitrogens with zero attached hydrogens (tertiary/aromatic N) is 2. The van der Waals surface area contributed by atoms with Crippen molar-refractivity contribution < 1.29 is 13.2 Å². The zero-order valence-electron chi connectivity index (χ0n) is 10.6. The topological polar surface area (TPSA) is 60.7 Å². The molecule has 0 bridgehead atoms. The van der Waals surface area contributed by atoms with Crippen LogP contribution in [0.25, 0.3) is 5.65 Å². The van der Waals surface area contributed by atoms with Gasteiger partial charge in [-0.3, -0.25) is 0 Å². The SMILES string of the molecule is CCOc1cc2nccn2cc1S(=O)(=O)C(C)C. The lowest BCUT2D eigenvalue weighted by Gasteiger charge is -2.13. The third-order valence-corrected chi connectivity index (χ3v) is 4.85. The molecular formula is C12H16N2O3S. The number of ether oxygens (including phenoxy) is 1. The molecule has 18 heavy (non-hydrogen) atoms. The minimum atomic E-state index is -3.37. The van der Waals surface area contributed by atoms with Crippen LogP contribution in [0.15, 0.2) is 29.6 Å². The molecule has 0 aliphatic heterocycles. The lowest BCUT2D eigenvalue weighted by atomic mass is 10.4. The summed E-state index contributed by atoms with van der Waals surface area (Å²) >= 11 is 0. The molecule has 2 aromatic rings. The van der Waals surface area contributed by atoms with Crippen molar-refractivity contribution in [3.8, 4) is 5.75 Å². The van der Waals surface area contributed by atoms with Crippen LogP contribution in [-0.4, -0.2) is 29.7 Å². The molecule has 0 unspecified atom stereocenters. The van der Waals surface area contributed by atoms with E-state index in [-0.39, 0.29) is 4.90 Å². The quantitative estimate of drug-likeness (QED) is 0.850. The average Bonchev–Trinajstić information content (AvgIpc) is 2.75. The molecule has 0 spiro atoms. The molecular weight excluding hydrogens is 252 g/mol. The first kappa shape index (κ1) is 12.9. The van der Waals surface area contributed by atoms with Crippen molar-refractivity contribution >= 4 is 15.5 Å². The van der Waals surface area contributed by atoms with E-state index in [0.717, 1.165) is 0 Å². The van der Waals surface area contributed by atoms with Gasteiger partial charge < -0.3 is 9.14 Å². The van der Waals surface area contributed by atoms with E-state index in [1.807, 2.05) is 6.92 Å². The van der Waals surface area contributed by atoms with Crippen LogP contribution < -0.4 is 4.74 Å². The third kappa shape index (κ3) is 2.08. The molecule has 2 aromatic heterocycles. The molecule has 0 amide bonds. The van der Waals surface area contributed by atoms with Gasteiger partial charge in [-0.05, 0) is 20.8 Å². The van der Waals surface area contributed by atoms with Crippen molar-refractivity contribution in [2.24, 2.45) is 0 Å². The number of rotatable bonds is 4. The van der Waals surface area contributed by atoms with E-state index < -0.39 is 15.1 Å². The lowest BCUT2D eigenvalue weighted by molar-refractivity contribution is 0.330. The van der Waals surface area contributed by atoms with E-state index >= 15 is 0 Å². The van der Waals surface area contributed by atoms with Crippen LogP contribution in [0.3, 0.4) is 0 Å². The maximum absolute atomic E-state index is 12.3. The van der Waals surface area contributed by atoms with Gasteiger partial charge in [-0.2, -0.15) is 0 Å². The van der Waals surface area contributed by atoms with Crippen molar-refractivity contribution in [1.29, 1.82) is 0 Å². The fourth-order valence-corrected chi connectivity index (χ4v) is 2.83. The Morgan fingerprint density at radius 3 is 2.78 bits per heavy atom. The van der Waals surface area contributed by atoms with Crippen LogP contribution in [0.4, 0.5) is 0 Å². The highest BCUT2D eigenvalue weighted by molar-refractivity contribution is 7.92. The predicted octanol–water partition coefficient (Wildman–Crippen LogP) is 1.92. The number of sulfone groups is 1. The molecule has 0 radical (unpaired) electrons. The Balaban J connectivity index is 2.70. The van der Waals surface area contributed by atoms with Gasteiger partial charge in [-0.25, -0.2) is 13.4 Å². The molecule has 2 heterocycles. The van der Waals surface area contributed by atoms with Crippen molar-refractivity contribution in [2.75, 3.05) is 6.61 Å². The summed E-state index contributed by atoms with van der Waals surface area (Å²) in [6.07, 6.45) is 4.89. The predicted molar refractivity (Wildman–Crippen MR) is 68.7 cm³/mol. The molecule has 0 saturated heterocycles. The van der Waals surface area contributed by atoms with E-state index in [0.29, 0.717) is 18.0 Å². The molecule has 6 heteroatoms. The first-order valence-electron chi connectivity index (χ1n) is 5.80. The summed E-state index contributed by atoms with van der Waals surface area (Å²) in [6, 6.07) is 1.65. The van der Waals surface area contributed by atoms with E-state index in [4.69, 9.17) is 4.74 Å². The molecule has 0 saturated carbocycles. The van der Waals surface area contributed by atoms with Gasteiger partial charge in [-0.1, -0.05) is 0 Å². The van der Waals surface area contributed by atoms with Gasteiger partial charge in [0.2, 0.25) is 0 Å². The molecule has 0 atom stereocenters. The fraction of sp³-hybridized carbons (Fsp3) is 0.417. The second-order valence-corrected chi connectivity index (χ2v) is 6.69. The second-order valence-electron chi connectivity index (χ2n) is 4.22. The van der Waals surface area contributed by atoms with Gasteiger partial charge >= 0.3 is 0 Å². The first-order chi connectivity index (χ1) is 8.46. The molecule has 0 aromatic carbocycles. The largest absolute Gasteiger partial charge is 0.492 e. The van der Waals surface area contributed by atoms with E-state index in [9.17, 15) is 8.42 Å². The summed E-state index contributed by atoms with van der Waals surface area (Å²) in [5.74, 6) is 0.366. The van der Waals surface area contributed by atoms with Crippen LogP contribution in [-0.2, 0) is 9.84 Å².